The third kappa shape index (κ3) is 3.97. The average Bonchev–Trinajstić information content (AvgIpc) is 2.52. The van der Waals surface area contributed by atoms with Gasteiger partial charge in [0.05, 0.1) is 12.2 Å². The fourth-order valence-corrected chi connectivity index (χ4v) is 0.327. The molecule has 0 aromatic rings. The average molecular weight is 132 g/mol. The first-order valence-electron chi connectivity index (χ1n) is 2.90. The number of hydrogen-bond acceptors (Lipinski definition) is 2. The van der Waals surface area contributed by atoms with Crippen molar-refractivity contribution in [2.45, 2.75) is 25.9 Å². The molecule has 0 spiro atoms. The standard InChI is InChI=1S/C5H10O.CH2O2/c1-3-5(2)4-6-5;2-1-3/h3-4H2,1-2H3;1H,(H,2,3). The highest BCUT2D eigenvalue weighted by molar-refractivity contribution is 5.32. The van der Waals surface area contributed by atoms with Crippen LogP contribution in [0.15, 0.2) is 0 Å². The molecule has 0 amide bonds. The Morgan fingerprint density at radius 1 is 1.89 bits per heavy atom. The van der Waals surface area contributed by atoms with E-state index in [1.54, 1.807) is 0 Å². The Morgan fingerprint density at radius 2 is 2.22 bits per heavy atom. The third-order valence-electron chi connectivity index (χ3n) is 1.39. The number of rotatable bonds is 1. The first-order valence-corrected chi connectivity index (χ1v) is 2.90. The first kappa shape index (κ1) is 8.43. The molecule has 1 unspecified atom stereocenters. The summed E-state index contributed by atoms with van der Waals surface area (Å²) in [5, 5.41) is 6.89. The molecule has 3 nitrogen and oxygen atoms in total. The Hall–Kier alpha value is -0.570. The maximum Gasteiger partial charge on any atom is 0.290 e. The Morgan fingerprint density at radius 3 is 2.22 bits per heavy atom. The fraction of sp³-hybridized carbons (Fsp3) is 0.833. The van der Waals surface area contributed by atoms with Gasteiger partial charge in [0.25, 0.3) is 6.47 Å². The van der Waals surface area contributed by atoms with Crippen LogP contribution >= 0.6 is 0 Å². The molecule has 1 heterocycles. The summed E-state index contributed by atoms with van der Waals surface area (Å²) in [4.78, 5) is 8.36. The zero-order valence-electron chi connectivity index (χ0n) is 5.76. The quantitative estimate of drug-likeness (QED) is 0.425. The molecule has 1 atom stereocenters. The minimum absolute atomic E-state index is 0.250. The Kier molecular flexibility index (Phi) is 3.24. The van der Waals surface area contributed by atoms with Crippen LogP contribution in [-0.2, 0) is 9.53 Å². The van der Waals surface area contributed by atoms with Crippen molar-refractivity contribution in [2.75, 3.05) is 6.61 Å². The molecule has 1 aliphatic rings. The normalized spacial score (nSPS) is 30.0. The van der Waals surface area contributed by atoms with E-state index >= 15 is 0 Å². The van der Waals surface area contributed by atoms with Crippen LogP contribution in [0, 0.1) is 0 Å². The molecular weight excluding hydrogens is 120 g/mol. The number of carboxylic acid groups (broad SMARTS) is 1. The molecule has 0 bridgehead atoms. The van der Waals surface area contributed by atoms with Gasteiger partial charge >= 0.3 is 0 Å². The molecule has 1 N–H and O–H groups in total. The van der Waals surface area contributed by atoms with Crippen LogP contribution < -0.4 is 0 Å². The fourth-order valence-electron chi connectivity index (χ4n) is 0.327. The molecule has 0 aliphatic carbocycles. The summed E-state index contributed by atoms with van der Waals surface area (Å²) in [6.07, 6.45) is 1.16. The molecule has 0 radical (unpaired) electrons. The van der Waals surface area contributed by atoms with Gasteiger partial charge in [-0.05, 0) is 13.3 Å². The van der Waals surface area contributed by atoms with E-state index in [0.717, 1.165) is 13.0 Å². The summed E-state index contributed by atoms with van der Waals surface area (Å²) in [5.41, 5.74) is 0.292. The van der Waals surface area contributed by atoms with Crippen LogP contribution in [0.1, 0.15) is 20.3 Å². The van der Waals surface area contributed by atoms with Crippen molar-refractivity contribution < 1.29 is 14.6 Å². The highest BCUT2D eigenvalue weighted by Gasteiger charge is 2.36. The molecule has 0 saturated carbocycles. The lowest BCUT2D eigenvalue weighted by Gasteiger charge is -1.92. The van der Waals surface area contributed by atoms with Crippen molar-refractivity contribution in [3.05, 3.63) is 0 Å². The van der Waals surface area contributed by atoms with E-state index in [4.69, 9.17) is 14.6 Å². The zero-order valence-corrected chi connectivity index (χ0v) is 5.76. The van der Waals surface area contributed by atoms with E-state index in [-0.39, 0.29) is 6.47 Å². The van der Waals surface area contributed by atoms with Crippen LogP contribution in [0.4, 0.5) is 0 Å². The summed E-state index contributed by atoms with van der Waals surface area (Å²) >= 11 is 0. The van der Waals surface area contributed by atoms with Gasteiger partial charge < -0.3 is 9.84 Å². The molecule has 1 rings (SSSR count). The monoisotopic (exact) mass is 132 g/mol. The van der Waals surface area contributed by atoms with Crippen molar-refractivity contribution in [2.24, 2.45) is 0 Å². The zero-order chi connectivity index (χ0) is 7.33. The second kappa shape index (κ2) is 3.45. The van der Waals surface area contributed by atoms with Crippen LogP contribution in [0.25, 0.3) is 0 Å². The van der Waals surface area contributed by atoms with Crippen molar-refractivity contribution in [1.82, 2.24) is 0 Å². The van der Waals surface area contributed by atoms with Gasteiger partial charge in [-0.1, -0.05) is 6.92 Å². The molecule has 54 valence electrons. The summed E-state index contributed by atoms with van der Waals surface area (Å²) < 4.78 is 5.05. The Bertz CT molecular complexity index is 86.3. The SMILES string of the molecule is CCC1(C)CO1.O=CO. The lowest BCUT2D eigenvalue weighted by Crippen LogP contribution is -1.98. The van der Waals surface area contributed by atoms with Crippen molar-refractivity contribution >= 4 is 6.47 Å². The van der Waals surface area contributed by atoms with Gasteiger partial charge in [-0.2, -0.15) is 0 Å². The minimum atomic E-state index is -0.250. The Balaban J connectivity index is 0.000000187. The van der Waals surface area contributed by atoms with Crippen LogP contribution in [0.3, 0.4) is 0 Å². The van der Waals surface area contributed by atoms with Gasteiger partial charge in [0, 0.05) is 0 Å². The lowest BCUT2D eigenvalue weighted by molar-refractivity contribution is -0.122. The van der Waals surface area contributed by atoms with E-state index in [1.807, 2.05) is 0 Å². The summed E-state index contributed by atoms with van der Waals surface area (Å²) in [6.45, 7) is 5.00. The predicted molar refractivity (Wildman–Crippen MR) is 33.3 cm³/mol. The summed E-state index contributed by atoms with van der Waals surface area (Å²) in [6, 6.07) is 0. The lowest BCUT2D eigenvalue weighted by atomic mass is 10.1. The number of ether oxygens (including phenoxy) is 1. The van der Waals surface area contributed by atoms with E-state index in [0.29, 0.717) is 5.60 Å². The van der Waals surface area contributed by atoms with Crippen LogP contribution in [-0.4, -0.2) is 23.8 Å². The van der Waals surface area contributed by atoms with E-state index in [1.165, 1.54) is 0 Å². The summed E-state index contributed by atoms with van der Waals surface area (Å²) in [5.74, 6) is 0. The van der Waals surface area contributed by atoms with Gasteiger partial charge in [-0.3, -0.25) is 4.79 Å². The van der Waals surface area contributed by atoms with Crippen LogP contribution in [0.2, 0.25) is 0 Å². The molecular formula is C6H12O3. The van der Waals surface area contributed by atoms with Gasteiger partial charge in [0.2, 0.25) is 0 Å². The third-order valence-corrected chi connectivity index (χ3v) is 1.39. The van der Waals surface area contributed by atoms with Gasteiger partial charge in [-0.15, -0.1) is 0 Å². The number of carbonyl (C=O) groups is 1. The smallest absolute Gasteiger partial charge is 0.290 e. The maximum atomic E-state index is 8.36. The summed E-state index contributed by atoms with van der Waals surface area (Å²) in [7, 11) is 0. The van der Waals surface area contributed by atoms with E-state index in [2.05, 4.69) is 13.8 Å². The Labute approximate surface area is 54.6 Å². The highest BCUT2D eigenvalue weighted by Crippen LogP contribution is 2.28. The largest absolute Gasteiger partial charge is 0.483 e. The predicted octanol–water partition coefficient (Wildman–Crippen LogP) is 0.886. The molecule has 0 aromatic heterocycles. The molecule has 9 heavy (non-hydrogen) atoms. The van der Waals surface area contributed by atoms with Crippen molar-refractivity contribution in [3.63, 3.8) is 0 Å². The van der Waals surface area contributed by atoms with E-state index in [9.17, 15) is 0 Å². The minimum Gasteiger partial charge on any atom is -0.483 e. The molecule has 1 saturated heterocycles. The van der Waals surface area contributed by atoms with Crippen molar-refractivity contribution in [1.29, 1.82) is 0 Å². The van der Waals surface area contributed by atoms with Crippen LogP contribution in [0.5, 0.6) is 0 Å². The van der Waals surface area contributed by atoms with E-state index < -0.39 is 0 Å². The maximum absolute atomic E-state index is 8.36. The van der Waals surface area contributed by atoms with Gasteiger partial charge in [-0.25, -0.2) is 0 Å². The molecule has 1 fully saturated rings. The molecule has 3 heteroatoms. The topological polar surface area (TPSA) is 49.8 Å². The van der Waals surface area contributed by atoms with Gasteiger partial charge in [0.1, 0.15) is 0 Å². The highest BCUT2D eigenvalue weighted by atomic mass is 16.6. The molecule has 1 aliphatic heterocycles. The number of epoxide rings is 1. The second-order valence-electron chi connectivity index (χ2n) is 2.20. The first-order chi connectivity index (χ1) is 4.18. The second-order valence-corrected chi connectivity index (χ2v) is 2.20. The van der Waals surface area contributed by atoms with Crippen molar-refractivity contribution in [3.8, 4) is 0 Å². The molecule has 0 aromatic carbocycles. The number of hydrogen-bond donors (Lipinski definition) is 1. The van der Waals surface area contributed by atoms with Gasteiger partial charge in [0.15, 0.2) is 0 Å².